The average molecular weight is 208 g/mol. The number of rotatable bonds is 4. The molecule has 0 aromatic rings. The second-order valence-corrected chi connectivity index (χ2v) is 5.14. The Morgan fingerprint density at radius 3 is 3.00 bits per heavy atom. The third kappa shape index (κ3) is 3.62. The third-order valence-electron chi connectivity index (χ3n) is 3.73. The monoisotopic (exact) mass is 208 g/mol. The van der Waals surface area contributed by atoms with Crippen molar-refractivity contribution >= 4 is 0 Å². The number of hydrogen-bond donors (Lipinski definition) is 2. The zero-order valence-corrected chi connectivity index (χ0v) is 9.89. The van der Waals surface area contributed by atoms with E-state index in [4.69, 9.17) is 0 Å². The molecule has 2 nitrogen and oxygen atoms in total. The number of allylic oxidation sites excluding steroid dienone is 2. The maximum Gasteiger partial charge on any atom is 0.0192 e. The standard InChI is InChI=1S/C13H24N2/c1-11-4-6-12(7-5-11)9-14-10-13-3-2-8-15-13/h4,12-15H,2-3,5-10H2,1H3. The van der Waals surface area contributed by atoms with Gasteiger partial charge in [0.1, 0.15) is 0 Å². The first-order valence-corrected chi connectivity index (χ1v) is 6.44. The van der Waals surface area contributed by atoms with E-state index in [9.17, 15) is 0 Å². The summed E-state index contributed by atoms with van der Waals surface area (Å²) in [5, 5.41) is 7.15. The molecule has 1 heterocycles. The molecule has 2 atom stereocenters. The van der Waals surface area contributed by atoms with Crippen LogP contribution < -0.4 is 10.6 Å². The van der Waals surface area contributed by atoms with Crippen LogP contribution in [0.15, 0.2) is 11.6 Å². The molecular weight excluding hydrogens is 184 g/mol. The van der Waals surface area contributed by atoms with E-state index in [0.29, 0.717) is 0 Å². The molecule has 86 valence electrons. The fraction of sp³-hybridized carbons (Fsp3) is 0.846. The van der Waals surface area contributed by atoms with Gasteiger partial charge in [0.2, 0.25) is 0 Å². The SMILES string of the molecule is CC1=CCC(CNCC2CCCN2)CC1. The van der Waals surface area contributed by atoms with E-state index in [1.165, 1.54) is 51.7 Å². The lowest BCUT2D eigenvalue weighted by Gasteiger charge is -2.21. The highest BCUT2D eigenvalue weighted by molar-refractivity contribution is 5.03. The van der Waals surface area contributed by atoms with Gasteiger partial charge in [-0.2, -0.15) is 0 Å². The van der Waals surface area contributed by atoms with Gasteiger partial charge in [0.25, 0.3) is 0 Å². The highest BCUT2D eigenvalue weighted by Gasteiger charge is 2.15. The van der Waals surface area contributed by atoms with E-state index in [0.717, 1.165) is 12.0 Å². The lowest BCUT2D eigenvalue weighted by molar-refractivity contribution is 0.417. The van der Waals surface area contributed by atoms with Crippen LogP contribution in [0.1, 0.15) is 39.0 Å². The molecule has 0 radical (unpaired) electrons. The molecule has 2 N–H and O–H groups in total. The number of nitrogens with one attached hydrogen (secondary N) is 2. The van der Waals surface area contributed by atoms with Crippen molar-refractivity contribution in [2.75, 3.05) is 19.6 Å². The van der Waals surface area contributed by atoms with E-state index in [2.05, 4.69) is 23.6 Å². The molecule has 0 aromatic heterocycles. The topological polar surface area (TPSA) is 24.1 Å². The summed E-state index contributed by atoms with van der Waals surface area (Å²) in [6.07, 6.45) is 9.12. The Kier molecular flexibility index (Phi) is 4.21. The first-order chi connectivity index (χ1) is 7.34. The summed E-state index contributed by atoms with van der Waals surface area (Å²) >= 11 is 0. The lowest BCUT2D eigenvalue weighted by Crippen LogP contribution is -2.36. The van der Waals surface area contributed by atoms with E-state index < -0.39 is 0 Å². The highest BCUT2D eigenvalue weighted by Crippen LogP contribution is 2.22. The molecule has 0 amide bonds. The van der Waals surface area contributed by atoms with Gasteiger partial charge in [-0.3, -0.25) is 0 Å². The average Bonchev–Trinajstić information content (AvgIpc) is 2.74. The van der Waals surface area contributed by atoms with Crippen LogP contribution >= 0.6 is 0 Å². The summed E-state index contributed by atoms with van der Waals surface area (Å²) in [5.41, 5.74) is 1.59. The van der Waals surface area contributed by atoms with Crippen LogP contribution in [0, 0.1) is 5.92 Å². The van der Waals surface area contributed by atoms with E-state index in [-0.39, 0.29) is 0 Å². The summed E-state index contributed by atoms with van der Waals surface area (Å²) in [6.45, 7) is 5.85. The minimum absolute atomic E-state index is 0.742. The van der Waals surface area contributed by atoms with Crippen LogP contribution in [0.5, 0.6) is 0 Å². The van der Waals surface area contributed by atoms with Gasteiger partial charge in [-0.05, 0) is 58.0 Å². The van der Waals surface area contributed by atoms with Gasteiger partial charge in [0, 0.05) is 12.6 Å². The summed E-state index contributed by atoms with van der Waals surface area (Å²) in [7, 11) is 0. The maximum absolute atomic E-state index is 3.62. The second kappa shape index (κ2) is 5.66. The smallest absolute Gasteiger partial charge is 0.0192 e. The second-order valence-electron chi connectivity index (χ2n) is 5.14. The van der Waals surface area contributed by atoms with Crippen LogP contribution in [0.25, 0.3) is 0 Å². The Morgan fingerprint density at radius 2 is 2.33 bits per heavy atom. The van der Waals surface area contributed by atoms with Crippen molar-refractivity contribution in [1.29, 1.82) is 0 Å². The predicted octanol–water partition coefficient (Wildman–Crippen LogP) is 2.07. The fourth-order valence-corrected chi connectivity index (χ4v) is 2.60. The van der Waals surface area contributed by atoms with Crippen molar-refractivity contribution in [1.82, 2.24) is 10.6 Å². The summed E-state index contributed by atoms with van der Waals surface area (Å²) < 4.78 is 0. The molecule has 1 fully saturated rings. The third-order valence-corrected chi connectivity index (χ3v) is 3.73. The molecule has 2 rings (SSSR count). The summed E-state index contributed by atoms with van der Waals surface area (Å²) in [4.78, 5) is 0. The van der Waals surface area contributed by atoms with E-state index >= 15 is 0 Å². The van der Waals surface area contributed by atoms with E-state index in [1.807, 2.05) is 0 Å². The molecule has 1 saturated heterocycles. The van der Waals surface area contributed by atoms with Gasteiger partial charge in [0.15, 0.2) is 0 Å². The quantitative estimate of drug-likeness (QED) is 0.691. The first-order valence-electron chi connectivity index (χ1n) is 6.44. The maximum atomic E-state index is 3.62. The lowest BCUT2D eigenvalue weighted by atomic mass is 9.90. The minimum Gasteiger partial charge on any atom is -0.315 e. The van der Waals surface area contributed by atoms with Crippen LogP contribution in [0.4, 0.5) is 0 Å². The molecule has 2 unspecified atom stereocenters. The van der Waals surface area contributed by atoms with Gasteiger partial charge in [-0.1, -0.05) is 11.6 Å². The molecule has 0 bridgehead atoms. The zero-order chi connectivity index (χ0) is 10.5. The van der Waals surface area contributed by atoms with Crippen molar-refractivity contribution in [2.45, 2.75) is 45.1 Å². The fourth-order valence-electron chi connectivity index (χ4n) is 2.60. The Bertz CT molecular complexity index is 217. The van der Waals surface area contributed by atoms with Crippen LogP contribution in [0.3, 0.4) is 0 Å². The molecule has 0 spiro atoms. The minimum atomic E-state index is 0.742. The highest BCUT2D eigenvalue weighted by atomic mass is 15.0. The molecule has 15 heavy (non-hydrogen) atoms. The predicted molar refractivity (Wildman–Crippen MR) is 65.0 cm³/mol. The van der Waals surface area contributed by atoms with Gasteiger partial charge < -0.3 is 10.6 Å². The number of hydrogen-bond acceptors (Lipinski definition) is 2. The van der Waals surface area contributed by atoms with Gasteiger partial charge >= 0.3 is 0 Å². The van der Waals surface area contributed by atoms with Crippen molar-refractivity contribution in [3.8, 4) is 0 Å². The Labute approximate surface area is 93.5 Å². The van der Waals surface area contributed by atoms with Crippen molar-refractivity contribution < 1.29 is 0 Å². The van der Waals surface area contributed by atoms with Gasteiger partial charge in [-0.25, -0.2) is 0 Å². The molecule has 1 aliphatic heterocycles. The summed E-state index contributed by atoms with van der Waals surface area (Å²) in [6, 6.07) is 0.742. The molecule has 1 aliphatic carbocycles. The Balaban J connectivity index is 1.57. The Hall–Kier alpha value is -0.340. The first kappa shape index (κ1) is 11.2. The molecular formula is C13H24N2. The molecule has 2 aliphatic rings. The van der Waals surface area contributed by atoms with E-state index in [1.54, 1.807) is 5.57 Å². The van der Waals surface area contributed by atoms with Crippen LogP contribution in [0.2, 0.25) is 0 Å². The normalized spacial score (nSPS) is 31.7. The van der Waals surface area contributed by atoms with Crippen molar-refractivity contribution in [3.05, 3.63) is 11.6 Å². The molecule has 2 heteroatoms. The van der Waals surface area contributed by atoms with Crippen molar-refractivity contribution in [2.24, 2.45) is 5.92 Å². The molecule has 0 aromatic carbocycles. The largest absolute Gasteiger partial charge is 0.315 e. The molecule has 0 saturated carbocycles. The zero-order valence-electron chi connectivity index (χ0n) is 9.89. The van der Waals surface area contributed by atoms with Crippen molar-refractivity contribution in [3.63, 3.8) is 0 Å². The van der Waals surface area contributed by atoms with Gasteiger partial charge in [-0.15, -0.1) is 0 Å². The van der Waals surface area contributed by atoms with Crippen LogP contribution in [-0.2, 0) is 0 Å². The summed E-state index contributed by atoms with van der Waals surface area (Å²) in [5.74, 6) is 0.884. The van der Waals surface area contributed by atoms with Gasteiger partial charge in [0.05, 0.1) is 0 Å². The Morgan fingerprint density at radius 1 is 1.40 bits per heavy atom. The van der Waals surface area contributed by atoms with Crippen LogP contribution in [-0.4, -0.2) is 25.7 Å².